The number of amides is 2. The number of hydrogen-bond acceptors (Lipinski definition) is 3. The fraction of sp³-hybridized carbons (Fsp3) is 0.286. The van der Waals surface area contributed by atoms with Crippen molar-refractivity contribution in [2.24, 2.45) is 0 Å². The molecule has 5 heteroatoms. The first-order valence-electron chi connectivity index (χ1n) is 5.86. The van der Waals surface area contributed by atoms with Gasteiger partial charge in [0.15, 0.2) is 0 Å². The molecule has 0 unspecified atom stereocenters. The van der Waals surface area contributed by atoms with Crippen LogP contribution in [0.3, 0.4) is 0 Å². The molecule has 19 heavy (non-hydrogen) atoms. The SMILES string of the molecule is CC(=O)NCCNC(=O)c1ccc(C#CCO)cc1. The number of carbonyl (C=O) groups excluding carboxylic acids is 2. The molecule has 0 saturated carbocycles. The van der Waals surface area contributed by atoms with E-state index in [-0.39, 0.29) is 18.4 Å². The van der Waals surface area contributed by atoms with Crippen molar-refractivity contribution in [2.45, 2.75) is 6.92 Å². The smallest absolute Gasteiger partial charge is 0.251 e. The largest absolute Gasteiger partial charge is 0.384 e. The van der Waals surface area contributed by atoms with Gasteiger partial charge in [-0.3, -0.25) is 9.59 Å². The van der Waals surface area contributed by atoms with Gasteiger partial charge in [0.05, 0.1) is 0 Å². The second-order valence-corrected chi connectivity index (χ2v) is 3.78. The number of rotatable bonds is 4. The summed E-state index contributed by atoms with van der Waals surface area (Å²) in [6.07, 6.45) is 0. The van der Waals surface area contributed by atoms with Crippen LogP contribution in [0.15, 0.2) is 24.3 Å². The minimum Gasteiger partial charge on any atom is -0.384 e. The van der Waals surface area contributed by atoms with Gasteiger partial charge >= 0.3 is 0 Å². The van der Waals surface area contributed by atoms with Gasteiger partial charge in [-0.2, -0.15) is 0 Å². The summed E-state index contributed by atoms with van der Waals surface area (Å²) in [7, 11) is 0. The van der Waals surface area contributed by atoms with E-state index in [1.807, 2.05) is 0 Å². The van der Waals surface area contributed by atoms with Crippen LogP contribution in [0.2, 0.25) is 0 Å². The Morgan fingerprint density at radius 3 is 2.37 bits per heavy atom. The van der Waals surface area contributed by atoms with Gasteiger partial charge in [0.1, 0.15) is 6.61 Å². The minimum absolute atomic E-state index is 0.124. The summed E-state index contributed by atoms with van der Waals surface area (Å²) in [5, 5.41) is 13.8. The molecule has 0 aliphatic rings. The molecule has 1 aromatic rings. The van der Waals surface area contributed by atoms with Crippen molar-refractivity contribution in [1.29, 1.82) is 0 Å². The highest BCUT2D eigenvalue weighted by atomic mass is 16.2. The summed E-state index contributed by atoms with van der Waals surface area (Å²) < 4.78 is 0. The average molecular weight is 260 g/mol. The lowest BCUT2D eigenvalue weighted by Crippen LogP contribution is -2.33. The first kappa shape index (κ1) is 14.7. The van der Waals surface area contributed by atoms with Crippen molar-refractivity contribution in [3.63, 3.8) is 0 Å². The Morgan fingerprint density at radius 1 is 1.16 bits per heavy atom. The zero-order valence-electron chi connectivity index (χ0n) is 10.7. The molecule has 0 saturated heterocycles. The zero-order valence-corrected chi connectivity index (χ0v) is 10.7. The summed E-state index contributed by atoms with van der Waals surface area (Å²) in [5.41, 5.74) is 1.27. The third-order valence-corrected chi connectivity index (χ3v) is 2.24. The number of aliphatic hydroxyl groups excluding tert-OH is 1. The van der Waals surface area contributed by atoms with Gasteiger partial charge in [0.25, 0.3) is 5.91 Å². The molecule has 0 aromatic heterocycles. The van der Waals surface area contributed by atoms with Crippen LogP contribution in [-0.4, -0.2) is 36.6 Å². The third-order valence-electron chi connectivity index (χ3n) is 2.24. The Kier molecular flexibility index (Phi) is 6.13. The van der Waals surface area contributed by atoms with Crippen molar-refractivity contribution < 1.29 is 14.7 Å². The van der Waals surface area contributed by atoms with Crippen LogP contribution < -0.4 is 10.6 Å². The maximum absolute atomic E-state index is 11.7. The summed E-state index contributed by atoms with van der Waals surface area (Å²) in [6, 6.07) is 6.75. The molecule has 1 aromatic carbocycles. The first-order valence-corrected chi connectivity index (χ1v) is 5.86. The summed E-state index contributed by atoms with van der Waals surface area (Å²) in [5.74, 6) is 4.95. The molecular weight excluding hydrogens is 244 g/mol. The molecule has 100 valence electrons. The van der Waals surface area contributed by atoms with E-state index in [9.17, 15) is 9.59 Å². The van der Waals surface area contributed by atoms with Crippen LogP contribution in [-0.2, 0) is 4.79 Å². The summed E-state index contributed by atoms with van der Waals surface area (Å²) >= 11 is 0. The molecule has 1 rings (SSSR count). The molecule has 0 heterocycles. The van der Waals surface area contributed by atoms with Crippen molar-refractivity contribution in [1.82, 2.24) is 10.6 Å². The maximum Gasteiger partial charge on any atom is 0.251 e. The average Bonchev–Trinajstić information content (AvgIpc) is 2.41. The quantitative estimate of drug-likeness (QED) is 0.522. The molecule has 2 amide bonds. The number of hydrogen-bond donors (Lipinski definition) is 3. The van der Waals surface area contributed by atoms with Gasteiger partial charge in [-0.05, 0) is 24.3 Å². The Morgan fingerprint density at radius 2 is 1.79 bits per heavy atom. The lowest BCUT2D eigenvalue weighted by atomic mass is 10.1. The molecule has 0 aliphatic carbocycles. The Balaban J connectivity index is 2.46. The van der Waals surface area contributed by atoms with E-state index in [2.05, 4.69) is 22.5 Å². The molecule has 0 aliphatic heterocycles. The predicted molar refractivity (Wildman–Crippen MR) is 71.4 cm³/mol. The van der Waals surface area contributed by atoms with E-state index in [4.69, 9.17) is 5.11 Å². The molecule has 0 bridgehead atoms. The fourth-order valence-electron chi connectivity index (χ4n) is 1.36. The standard InChI is InChI=1S/C14H16N2O3/c1-11(18)15-8-9-16-14(19)13-6-4-12(5-7-13)3-2-10-17/h4-7,17H,8-10H2,1H3,(H,15,18)(H,16,19). The van der Waals surface area contributed by atoms with Gasteiger partial charge in [0, 0.05) is 31.1 Å². The highest BCUT2D eigenvalue weighted by Crippen LogP contribution is 2.02. The highest BCUT2D eigenvalue weighted by molar-refractivity contribution is 5.94. The summed E-state index contributed by atoms with van der Waals surface area (Å²) in [4.78, 5) is 22.3. The van der Waals surface area contributed by atoms with Crippen molar-refractivity contribution in [3.8, 4) is 11.8 Å². The minimum atomic E-state index is -0.202. The predicted octanol–water partition coefficient (Wildman–Crippen LogP) is -0.104. The van der Waals surface area contributed by atoms with Gasteiger partial charge in [-0.1, -0.05) is 11.8 Å². The van der Waals surface area contributed by atoms with Crippen LogP contribution in [0.5, 0.6) is 0 Å². The van der Waals surface area contributed by atoms with Crippen LogP contribution in [0, 0.1) is 11.8 Å². The van der Waals surface area contributed by atoms with Crippen molar-refractivity contribution in [2.75, 3.05) is 19.7 Å². The topological polar surface area (TPSA) is 78.4 Å². The van der Waals surface area contributed by atoms with Gasteiger partial charge in [-0.25, -0.2) is 0 Å². The zero-order chi connectivity index (χ0) is 14.1. The van der Waals surface area contributed by atoms with E-state index >= 15 is 0 Å². The van der Waals surface area contributed by atoms with Crippen molar-refractivity contribution >= 4 is 11.8 Å². The number of benzene rings is 1. The number of carbonyl (C=O) groups is 2. The van der Waals surface area contributed by atoms with Crippen LogP contribution >= 0.6 is 0 Å². The highest BCUT2D eigenvalue weighted by Gasteiger charge is 2.03. The Labute approximate surface area is 112 Å². The lowest BCUT2D eigenvalue weighted by Gasteiger charge is -2.05. The fourth-order valence-corrected chi connectivity index (χ4v) is 1.36. The molecule has 0 radical (unpaired) electrons. The molecule has 0 spiro atoms. The normalized spacial score (nSPS) is 9.16. The van der Waals surface area contributed by atoms with E-state index in [1.165, 1.54) is 6.92 Å². The van der Waals surface area contributed by atoms with Crippen LogP contribution in [0.4, 0.5) is 0 Å². The van der Waals surface area contributed by atoms with Crippen LogP contribution in [0.1, 0.15) is 22.8 Å². The second-order valence-electron chi connectivity index (χ2n) is 3.78. The lowest BCUT2D eigenvalue weighted by molar-refractivity contribution is -0.118. The number of aliphatic hydroxyl groups is 1. The van der Waals surface area contributed by atoms with E-state index in [0.717, 1.165) is 5.56 Å². The van der Waals surface area contributed by atoms with Crippen molar-refractivity contribution in [3.05, 3.63) is 35.4 Å². The molecule has 0 fully saturated rings. The molecule has 0 atom stereocenters. The molecule has 5 nitrogen and oxygen atoms in total. The van der Waals surface area contributed by atoms with E-state index in [0.29, 0.717) is 18.7 Å². The second kappa shape index (κ2) is 7.90. The monoisotopic (exact) mass is 260 g/mol. The van der Waals surface area contributed by atoms with Gasteiger partial charge < -0.3 is 15.7 Å². The maximum atomic E-state index is 11.7. The van der Waals surface area contributed by atoms with E-state index < -0.39 is 0 Å². The molecular formula is C14H16N2O3. The Hall–Kier alpha value is -2.32. The number of nitrogens with one attached hydrogen (secondary N) is 2. The first-order chi connectivity index (χ1) is 9.13. The van der Waals surface area contributed by atoms with Gasteiger partial charge in [0.2, 0.25) is 5.91 Å². The third kappa shape index (κ3) is 5.70. The van der Waals surface area contributed by atoms with Crippen LogP contribution in [0.25, 0.3) is 0 Å². The van der Waals surface area contributed by atoms with Gasteiger partial charge in [-0.15, -0.1) is 0 Å². The Bertz CT molecular complexity index is 498. The molecule has 3 N–H and O–H groups in total. The van der Waals surface area contributed by atoms with E-state index in [1.54, 1.807) is 24.3 Å². The summed E-state index contributed by atoms with van der Waals surface area (Å²) in [6.45, 7) is 2.02.